The van der Waals surface area contributed by atoms with Gasteiger partial charge in [-0.25, -0.2) is 4.99 Å². The zero-order valence-corrected chi connectivity index (χ0v) is 14.6. The number of morpholine rings is 1. The van der Waals surface area contributed by atoms with Gasteiger partial charge in [0, 0.05) is 40.3 Å². The predicted molar refractivity (Wildman–Crippen MR) is 89.6 cm³/mol. The van der Waals surface area contributed by atoms with Gasteiger partial charge in [0.1, 0.15) is 6.54 Å². The second-order valence-corrected chi connectivity index (χ2v) is 6.45. The van der Waals surface area contributed by atoms with Gasteiger partial charge in [0.2, 0.25) is 5.91 Å². The Morgan fingerprint density at radius 1 is 1.39 bits per heavy atom. The molecule has 1 atom stereocenters. The minimum absolute atomic E-state index is 0.0115. The van der Waals surface area contributed by atoms with E-state index >= 15 is 0 Å². The quantitative estimate of drug-likeness (QED) is 0.582. The fourth-order valence-electron chi connectivity index (χ4n) is 2.97. The zero-order chi connectivity index (χ0) is 16.7. The number of nitrogens with zero attached hydrogens (tertiary/aromatic N) is 3. The number of likely N-dealkylation sites (N-methyl/N-ethyl adjacent to an activating group) is 1. The second-order valence-electron chi connectivity index (χ2n) is 6.45. The molecule has 1 saturated heterocycles. The van der Waals surface area contributed by atoms with Gasteiger partial charge in [0.15, 0.2) is 5.96 Å². The molecule has 2 rings (SSSR count). The fourth-order valence-corrected chi connectivity index (χ4v) is 2.97. The molecule has 2 fully saturated rings. The van der Waals surface area contributed by atoms with E-state index in [9.17, 15) is 4.79 Å². The van der Waals surface area contributed by atoms with Crippen molar-refractivity contribution >= 4 is 11.9 Å². The van der Waals surface area contributed by atoms with Crippen molar-refractivity contribution in [2.24, 2.45) is 4.99 Å². The molecule has 1 saturated carbocycles. The number of carbonyl (C=O) groups is 1. The lowest BCUT2D eigenvalue weighted by Crippen LogP contribution is -2.53. The molecule has 0 aromatic carbocycles. The Bertz CT molecular complexity index is 406. The fraction of sp³-hybridized carbons (Fsp3) is 0.875. The van der Waals surface area contributed by atoms with Crippen molar-refractivity contribution in [3.05, 3.63) is 0 Å². The van der Waals surface area contributed by atoms with Crippen molar-refractivity contribution < 1.29 is 14.3 Å². The van der Waals surface area contributed by atoms with Crippen LogP contribution in [0.3, 0.4) is 0 Å². The van der Waals surface area contributed by atoms with E-state index < -0.39 is 0 Å². The van der Waals surface area contributed by atoms with Gasteiger partial charge in [-0.05, 0) is 12.8 Å². The first kappa shape index (κ1) is 18.0. The first-order valence-corrected chi connectivity index (χ1v) is 8.46. The second kappa shape index (κ2) is 9.08. The molecule has 23 heavy (non-hydrogen) atoms. The monoisotopic (exact) mass is 326 g/mol. The highest BCUT2D eigenvalue weighted by molar-refractivity contribution is 5.85. The van der Waals surface area contributed by atoms with E-state index in [0.717, 1.165) is 19.0 Å². The third-order valence-electron chi connectivity index (χ3n) is 4.34. The van der Waals surface area contributed by atoms with Gasteiger partial charge in [0.25, 0.3) is 0 Å². The SMILES string of the molecule is COCC1CN(C(=NCC(=O)N(C)C)NC2CCCC2)CCO1. The maximum atomic E-state index is 11.9. The zero-order valence-electron chi connectivity index (χ0n) is 14.6. The average molecular weight is 326 g/mol. The van der Waals surface area contributed by atoms with Crippen molar-refractivity contribution in [3.8, 4) is 0 Å². The van der Waals surface area contributed by atoms with Crippen LogP contribution in [0.25, 0.3) is 0 Å². The predicted octanol–water partition coefficient (Wildman–Crippen LogP) is 0.310. The molecule has 0 bridgehead atoms. The lowest BCUT2D eigenvalue weighted by atomic mass is 10.2. The lowest BCUT2D eigenvalue weighted by Gasteiger charge is -2.36. The summed E-state index contributed by atoms with van der Waals surface area (Å²) in [6.45, 7) is 2.93. The van der Waals surface area contributed by atoms with Gasteiger partial charge in [0.05, 0.1) is 19.3 Å². The topological polar surface area (TPSA) is 66.4 Å². The summed E-state index contributed by atoms with van der Waals surface area (Å²) in [6.07, 6.45) is 4.92. The smallest absolute Gasteiger partial charge is 0.243 e. The third-order valence-corrected chi connectivity index (χ3v) is 4.34. The summed E-state index contributed by atoms with van der Waals surface area (Å²) in [5.74, 6) is 0.842. The van der Waals surface area contributed by atoms with Gasteiger partial charge in [-0.1, -0.05) is 12.8 Å². The van der Waals surface area contributed by atoms with E-state index in [1.54, 1.807) is 26.1 Å². The molecule has 1 aliphatic heterocycles. The van der Waals surface area contributed by atoms with E-state index in [1.165, 1.54) is 25.7 Å². The minimum atomic E-state index is 0.0115. The molecule has 7 nitrogen and oxygen atoms in total. The van der Waals surface area contributed by atoms with Crippen LogP contribution in [-0.2, 0) is 14.3 Å². The Kier molecular flexibility index (Phi) is 7.11. The Morgan fingerprint density at radius 3 is 2.78 bits per heavy atom. The Labute approximate surface area is 139 Å². The normalized spacial score (nSPS) is 23.2. The molecule has 1 unspecified atom stereocenters. The molecule has 0 spiro atoms. The Morgan fingerprint density at radius 2 is 2.13 bits per heavy atom. The number of aliphatic imine (C=N–C) groups is 1. The van der Waals surface area contributed by atoms with Crippen LogP contribution < -0.4 is 5.32 Å². The van der Waals surface area contributed by atoms with E-state index in [1.807, 2.05) is 0 Å². The van der Waals surface area contributed by atoms with Crippen molar-refractivity contribution in [3.63, 3.8) is 0 Å². The van der Waals surface area contributed by atoms with Crippen molar-refractivity contribution in [2.45, 2.75) is 37.8 Å². The van der Waals surface area contributed by atoms with Crippen LogP contribution >= 0.6 is 0 Å². The molecule has 0 aromatic rings. The summed E-state index contributed by atoms with van der Waals surface area (Å²) in [5.41, 5.74) is 0. The maximum Gasteiger partial charge on any atom is 0.243 e. The average Bonchev–Trinajstić information content (AvgIpc) is 3.04. The van der Waals surface area contributed by atoms with Gasteiger partial charge in [-0.2, -0.15) is 0 Å². The molecule has 1 heterocycles. The van der Waals surface area contributed by atoms with E-state index in [0.29, 0.717) is 19.3 Å². The first-order chi connectivity index (χ1) is 11.1. The van der Waals surface area contributed by atoms with Crippen LogP contribution in [0.2, 0.25) is 0 Å². The van der Waals surface area contributed by atoms with Crippen LogP contribution in [0.4, 0.5) is 0 Å². The molecule has 7 heteroatoms. The number of nitrogens with one attached hydrogen (secondary N) is 1. The molecule has 0 radical (unpaired) electrons. The van der Waals surface area contributed by atoms with Crippen LogP contribution in [-0.4, -0.2) is 87.9 Å². The number of ether oxygens (including phenoxy) is 2. The number of amides is 1. The van der Waals surface area contributed by atoms with Gasteiger partial charge in [-0.15, -0.1) is 0 Å². The van der Waals surface area contributed by atoms with Crippen LogP contribution in [0.5, 0.6) is 0 Å². The number of hydrogen-bond acceptors (Lipinski definition) is 4. The highest BCUT2D eigenvalue weighted by atomic mass is 16.5. The summed E-state index contributed by atoms with van der Waals surface area (Å²) >= 11 is 0. The molecular formula is C16H30N4O3. The molecule has 1 amide bonds. The number of guanidine groups is 1. The summed E-state index contributed by atoms with van der Waals surface area (Å²) in [4.78, 5) is 20.2. The van der Waals surface area contributed by atoms with Crippen molar-refractivity contribution in [1.29, 1.82) is 0 Å². The van der Waals surface area contributed by atoms with Gasteiger partial charge < -0.3 is 24.6 Å². The summed E-state index contributed by atoms with van der Waals surface area (Å²) in [6, 6.07) is 0.465. The number of hydrogen-bond donors (Lipinski definition) is 1. The van der Waals surface area contributed by atoms with E-state index in [4.69, 9.17) is 9.47 Å². The van der Waals surface area contributed by atoms with Crippen molar-refractivity contribution in [2.75, 3.05) is 54.1 Å². The Balaban J connectivity index is 2.01. The molecular weight excluding hydrogens is 296 g/mol. The number of methoxy groups -OCH3 is 1. The lowest BCUT2D eigenvalue weighted by molar-refractivity contribution is -0.127. The summed E-state index contributed by atoms with van der Waals surface area (Å²) in [7, 11) is 5.19. The maximum absolute atomic E-state index is 11.9. The van der Waals surface area contributed by atoms with Crippen LogP contribution in [0.15, 0.2) is 4.99 Å². The number of carbonyl (C=O) groups excluding carboxylic acids is 1. The van der Waals surface area contributed by atoms with E-state index in [2.05, 4.69) is 15.2 Å². The van der Waals surface area contributed by atoms with Crippen LogP contribution in [0, 0.1) is 0 Å². The molecule has 0 aromatic heterocycles. The molecule has 2 aliphatic rings. The van der Waals surface area contributed by atoms with E-state index in [-0.39, 0.29) is 18.6 Å². The van der Waals surface area contributed by atoms with Gasteiger partial charge >= 0.3 is 0 Å². The largest absolute Gasteiger partial charge is 0.382 e. The van der Waals surface area contributed by atoms with Gasteiger partial charge in [-0.3, -0.25) is 4.79 Å². The highest BCUT2D eigenvalue weighted by Crippen LogP contribution is 2.18. The highest BCUT2D eigenvalue weighted by Gasteiger charge is 2.25. The third kappa shape index (κ3) is 5.66. The van der Waals surface area contributed by atoms with Crippen molar-refractivity contribution in [1.82, 2.24) is 15.1 Å². The molecule has 1 aliphatic carbocycles. The minimum Gasteiger partial charge on any atom is -0.382 e. The molecule has 132 valence electrons. The molecule has 1 N–H and O–H groups in total. The standard InChI is InChI=1S/C16H30N4O3/c1-19(2)15(21)10-17-16(18-13-6-4-5-7-13)20-8-9-23-14(11-20)12-22-3/h13-14H,4-12H2,1-3H3,(H,17,18). The summed E-state index contributed by atoms with van der Waals surface area (Å²) < 4.78 is 10.9. The Hall–Kier alpha value is -1.34. The number of rotatable bonds is 5. The van der Waals surface area contributed by atoms with Crippen LogP contribution in [0.1, 0.15) is 25.7 Å². The first-order valence-electron chi connectivity index (χ1n) is 8.46. The summed E-state index contributed by atoms with van der Waals surface area (Å²) in [5, 5.41) is 3.55.